The van der Waals surface area contributed by atoms with Crippen LogP contribution in [0.4, 0.5) is 0 Å². The highest BCUT2D eigenvalue weighted by atomic mass is 16.5. The molecule has 220 valence electrons. The monoisotopic (exact) mass is 559 g/mol. The van der Waals surface area contributed by atoms with E-state index in [0.717, 1.165) is 5.56 Å². The van der Waals surface area contributed by atoms with Crippen molar-refractivity contribution in [1.29, 1.82) is 0 Å². The Morgan fingerprint density at radius 3 is 2.52 bits per heavy atom. The molecule has 0 unspecified atom stereocenters. The molecule has 0 saturated carbocycles. The van der Waals surface area contributed by atoms with Gasteiger partial charge in [-0.2, -0.15) is 0 Å². The smallest absolute Gasteiger partial charge is 0.246 e. The quantitative estimate of drug-likeness (QED) is 0.341. The van der Waals surface area contributed by atoms with E-state index in [1.54, 1.807) is 0 Å². The first-order valence-electron chi connectivity index (χ1n) is 13.8. The van der Waals surface area contributed by atoms with Gasteiger partial charge in [-0.25, -0.2) is 0 Å². The van der Waals surface area contributed by atoms with Crippen LogP contribution in [-0.2, 0) is 35.1 Å². The second-order valence-corrected chi connectivity index (χ2v) is 10.4. The Labute approximate surface area is 234 Å². The van der Waals surface area contributed by atoms with Crippen molar-refractivity contribution in [1.82, 2.24) is 25.8 Å². The minimum atomic E-state index is -1.01. The molecule has 2 fully saturated rings. The second kappa shape index (κ2) is 14.8. The topological polar surface area (TPSA) is 157 Å². The molecule has 12 heteroatoms. The summed E-state index contributed by atoms with van der Waals surface area (Å²) in [6, 6.07) is 6.27. The summed E-state index contributed by atoms with van der Waals surface area (Å²) in [5, 5.41) is 18.7. The number of methoxy groups -OCH3 is 1. The molecular weight excluding hydrogens is 518 g/mol. The van der Waals surface area contributed by atoms with Crippen LogP contribution in [0, 0.1) is 5.92 Å². The van der Waals surface area contributed by atoms with Crippen LogP contribution in [0.15, 0.2) is 30.3 Å². The van der Waals surface area contributed by atoms with Crippen LogP contribution in [0.1, 0.15) is 38.7 Å². The third-order valence-electron chi connectivity index (χ3n) is 7.46. The SMILES string of the molecule is CC[C@H](C)[C@@H]1NC(=O)CN(C(=O)CCOC)CCNC(=O)[C@H](Cc2ccccc2)NC(=O)[C@@H]2C[C@@H](O)CN2C1=O. The number of aliphatic hydroxyl groups excluding tert-OH is 1. The van der Waals surface area contributed by atoms with Crippen molar-refractivity contribution in [2.24, 2.45) is 5.92 Å². The molecule has 2 saturated heterocycles. The van der Waals surface area contributed by atoms with E-state index in [2.05, 4.69) is 16.0 Å². The van der Waals surface area contributed by atoms with Gasteiger partial charge in [0, 0.05) is 39.6 Å². The van der Waals surface area contributed by atoms with Crippen LogP contribution < -0.4 is 16.0 Å². The third kappa shape index (κ3) is 8.25. The molecule has 0 aliphatic carbocycles. The van der Waals surface area contributed by atoms with Crippen LogP contribution in [-0.4, -0.2) is 109 Å². The molecule has 2 aliphatic rings. The van der Waals surface area contributed by atoms with E-state index in [-0.39, 0.29) is 63.9 Å². The van der Waals surface area contributed by atoms with Gasteiger partial charge in [-0.1, -0.05) is 50.6 Å². The number of amides is 5. The van der Waals surface area contributed by atoms with E-state index >= 15 is 0 Å². The highest BCUT2D eigenvalue weighted by Crippen LogP contribution is 2.22. The number of carbonyl (C=O) groups excluding carboxylic acids is 5. The number of nitrogens with zero attached hydrogens (tertiary/aromatic N) is 2. The highest BCUT2D eigenvalue weighted by molar-refractivity contribution is 5.95. The zero-order valence-electron chi connectivity index (χ0n) is 23.4. The van der Waals surface area contributed by atoms with Crippen molar-refractivity contribution in [3.8, 4) is 0 Å². The number of ether oxygens (including phenoxy) is 1. The van der Waals surface area contributed by atoms with Gasteiger partial charge in [0.15, 0.2) is 0 Å². The van der Waals surface area contributed by atoms with Gasteiger partial charge in [0.05, 0.1) is 25.7 Å². The minimum Gasteiger partial charge on any atom is -0.391 e. The van der Waals surface area contributed by atoms with Gasteiger partial charge in [-0.3, -0.25) is 24.0 Å². The summed E-state index contributed by atoms with van der Waals surface area (Å²) < 4.78 is 5.01. The maximum absolute atomic E-state index is 13.7. The Kier molecular flexibility index (Phi) is 11.4. The highest BCUT2D eigenvalue weighted by Gasteiger charge is 2.43. The zero-order valence-corrected chi connectivity index (χ0v) is 23.4. The summed E-state index contributed by atoms with van der Waals surface area (Å²) in [7, 11) is 1.47. The lowest BCUT2D eigenvalue weighted by Gasteiger charge is -2.32. The zero-order chi connectivity index (χ0) is 29.2. The fourth-order valence-electron chi connectivity index (χ4n) is 4.96. The molecule has 1 aromatic rings. The molecule has 0 aromatic heterocycles. The van der Waals surface area contributed by atoms with Crippen molar-refractivity contribution < 1.29 is 33.8 Å². The van der Waals surface area contributed by atoms with Crippen LogP contribution in [0.2, 0.25) is 0 Å². The van der Waals surface area contributed by atoms with Crippen molar-refractivity contribution in [2.75, 3.05) is 39.9 Å². The molecule has 40 heavy (non-hydrogen) atoms. The molecule has 0 spiro atoms. The van der Waals surface area contributed by atoms with Gasteiger partial charge < -0.3 is 35.6 Å². The summed E-state index contributed by atoms with van der Waals surface area (Å²) in [5.74, 6) is -2.65. The van der Waals surface area contributed by atoms with Crippen LogP contribution in [0.3, 0.4) is 0 Å². The van der Waals surface area contributed by atoms with E-state index in [0.29, 0.717) is 6.42 Å². The standard InChI is InChI=1S/C28H41N5O7/c1-4-18(2)25-28(39)33-16-20(34)15-22(33)27(38)30-21(14-19-8-6-5-7-9-19)26(37)29-11-12-32(17-23(35)31-25)24(36)10-13-40-3/h5-9,18,20-22,25,34H,4,10-17H2,1-3H3,(H,29,37)(H,30,38)(H,31,35)/t18-,20+,21-,22-,25-/m0/s1. The van der Waals surface area contributed by atoms with E-state index in [1.165, 1.54) is 16.9 Å². The predicted octanol–water partition coefficient (Wildman–Crippen LogP) is -0.798. The molecule has 0 bridgehead atoms. The molecule has 1 aromatic carbocycles. The van der Waals surface area contributed by atoms with Crippen LogP contribution >= 0.6 is 0 Å². The maximum atomic E-state index is 13.7. The molecule has 2 aliphatic heterocycles. The van der Waals surface area contributed by atoms with Gasteiger partial charge in [0.25, 0.3) is 0 Å². The Morgan fingerprint density at radius 1 is 1.12 bits per heavy atom. The Balaban J connectivity index is 1.95. The first kappa shape index (κ1) is 31.0. The Hall–Kier alpha value is -3.51. The van der Waals surface area contributed by atoms with Gasteiger partial charge in [-0.05, 0) is 11.5 Å². The molecule has 4 N–H and O–H groups in total. The number of rotatable bonds is 7. The van der Waals surface area contributed by atoms with Crippen LogP contribution in [0.25, 0.3) is 0 Å². The normalized spacial score (nSPS) is 25.7. The number of benzene rings is 1. The molecular formula is C28H41N5O7. The van der Waals surface area contributed by atoms with Gasteiger partial charge in [-0.15, -0.1) is 0 Å². The molecule has 3 rings (SSSR count). The maximum Gasteiger partial charge on any atom is 0.246 e. The summed E-state index contributed by atoms with van der Waals surface area (Å²) in [4.78, 5) is 69.0. The number of nitrogens with one attached hydrogen (secondary N) is 3. The number of carbonyl (C=O) groups is 5. The van der Waals surface area contributed by atoms with Gasteiger partial charge in [0.2, 0.25) is 29.5 Å². The second-order valence-electron chi connectivity index (χ2n) is 10.4. The minimum absolute atomic E-state index is 0.0141. The molecule has 5 amide bonds. The Bertz CT molecular complexity index is 1050. The predicted molar refractivity (Wildman–Crippen MR) is 146 cm³/mol. The third-order valence-corrected chi connectivity index (χ3v) is 7.46. The number of hydrogen-bond acceptors (Lipinski definition) is 7. The average molecular weight is 560 g/mol. The van der Waals surface area contributed by atoms with E-state index < -0.39 is 47.9 Å². The number of fused-ring (bicyclic) bond motifs is 1. The summed E-state index contributed by atoms with van der Waals surface area (Å²) in [5.41, 5.74) is 0.822. The van der Waals surface area contributed by atoms with E-state index in [4.69, 9.17) is 4.74 Å². The van der Waals surface area contributed by atoms with Gasteiger partial charge in [0.1, 0.15) is 18.1 Å². The molecule has 0 radical (unpaired) electrons. The first-order chi connectivity index (χ1) is 19.1. The fourth-order valence-corrected chi connectivity index (χ4v) is 4.96. The summed E-state index contributed by atoms with van der Waals surface area (Å²) >= 11 is 0. The molecule has 12 nitrogen and oxygen atoms in total. The fraction of sp³-hybridized carbons (Fsp3) is 0.607. The lowest BCUT2D eigenvalue weighted by molar-refractivity contribution is -0.143. The van der Waals surface area contributed by atoms with Crippen molar-refractivity contribution >= 4 is 29.5 Å². The largest absolute Gasteiger partial charge is 0.391 e. The lowest BCUT2D eigenvalue weighted by atomic mass is 9.97. The number of aliphatic hydroxyl groups is 1. The Morgan fingerprint density at radius 2 is 1.85 bits per heavy atom. The van der Waals surface area contributed by atoms with Gasteiger partial charge >= 0.3 is 0 Å². The van der Waals surface area contributed by atoms with Crippen LogP contribution in [0.5, 0.6) is 0 Å². The lowest BCUT2D eigenvalue weighted by Crippen LogP contribution is -2.58. The first-order valence-corrected chi connectivity index (χ1v) is 13.8. The van der Waals surface area contributed by atoms with Crippen molar-refractivity contribution in [3.05, 3.63) is 35.9 Å². The van der Waals surface area contributed by atoms with Crippen molar-refractivity contribution in [3.63, 3.8) is 0 Å². The molecule has 2 heterocycles. The number of hydrogen-bond donors (Lipinski definition) is 4. The molecule has 5 atom stereocenters. The van der Waals surface area contributed by atoms with E-state index in [9.17, 15) is 29.1 Å². The van der Waals surface area contributed by atoms with E-state index in [1.807, 2.05) is 44.2 Å². The summed E-state index contributed by atoms with van der Waals surface area (Å²) in [6.07, 6.45) is -0.0979. The summed E-state index contributed by atoms with van der Waals surface area (Å²) in [6.45, 7) is 3.59. The average Bonchev–Trinajstić information content (AvgIpc) is 3.34. The van der Waals surface area contributed by atoms with Crippen molar-refractivity contribution in [2.45, 2.75) is 63.8 Å².